The molecule has 0 aliphatic carbocycles. The van der Waals surface area contributed by atoms with Crippen LogP contribution in [0.15, 0.2) is 18.2 Å². The summed E-state index contributed by atoms with van der Waals surface area (Å²) in [7, 11) is 0. The van der Waals surface area contributed by atoms with Gasteiger partial charge in [0.2, 0.25) is 0 Å². The van der Waals surface area contributed by atoms with Crippen LogP contribution in [0.2, 0.25) is 10.0 Å². The predicted molar refractivity (Wildman–Crippen MR) is 86.7 cm³/mol. The Morgan fingerprint density at radius 1 is 1.33 bits per heavy atom. The average molecular weight is 348 g/mol. The number of thiophene rings is 1. The number of hydrogen-bond donors (Lipinski definition) is 2. The van der Waals surface area contributed by atoms with Crippen LogP contribution < -0.4 is 5.32 Å². The monoisotopic (exact) mass is 347 g/mol. The molecule has 2 N–H and O–H groups in total. The molecule has 2 rings (SSSR count). The summed E-state index contributed by atoms with van der Waals surface area (Å²) in [6, 6.07) is 5.37. The van der Waals surface area contributed by atoms with E-state index >= 15 is 0 Å². The van der Waals surface area contributed by atoms with Crippen molar-refractivity contribution in [3.63, 3.8) is 0 Å². The maximum Gasteiger partial charge on any atom is 0.262 e. The maximum atomic E-state index is 12.1. The number of fused-ring (bicyclic) bond motifs is 1. The molecular weight excluding hydrogens is 333 g/mol. The van der Waals surface area contributed by atoms with E-state index in [1.807, 2.05) is 6.07 Å². The van der Waals surface area contributed by atoms with E-state index in [0.29, 0.717) is 41.1 Å². The molecule has 114 valence electrons. The van der Waals surface area contributed by atoms with E-state index in [2.05, 4.69) is 5.32 Å². The van der Waals surface area contributed by atoms with Crippen molar-refractivity contribution in [3.05, 3.63) is 33.1 Å². The van der Waals surface area contributed by atoms with Gasteiger partial charge in [-0.15, -0.1) is 11.3 Å². The van der Waals surface area contributed by atoms with Crippen LogP contribution in [0, 0.1) is 0 Å². The largest absolute Gasteiger partial charge is 0.394 e. The highest BCUT2D eigenvalue weighted by Crippen LogP contribution is 2.36. The number of carbonyl (C=O) groups is 1. The van der Waals surface area contributed by atoms with E-state index in [4.69, 9.17) is 33.0 Å². The van der Waals surface area contributed by atoms with E-state index in [0.717, 1.165) is 10.1 Å². The van der Waals surface area contributed by atoms with Gasteiger partial charge in [0.1, 0.15) is 4.88 Å². The van der Waals surface area contributed by atoms with Gasteiger partial charge in [-0.25, -0.2) is 0 Å². The summed E-state index contributed by atoms with van der Waals surface area (Å²) in [5.74, 6) is -0.195. The molecule has 1 amide bonds. The summed E-state index contributed by atoms with van der Waals surface area (Å²) < 4.78 is 6.01. The fourth-order valence-corrected chi connectivity index (χ4v) is 3.52. The highest BCUT2D eigenvalue weighted by molar-refractivity contribution is 7.21. The Bertz CT molecular complexity index is 630. The zero-order valence-corrected chi connectivity index (χ0v) is 13.5. The van der Waals surface area contributed by atoms with E-state index in [-0.39, 0.29) is 12.5 Å². The van der Waals surface area contributed by atoms with Gasteiger partial charge in [0.25, 0.3) is 5.91 Å². The molecule has 21 heavy (non-hydrogen) atoms. The molecule has 0 saturated heterocycles. The Kier molecular flexibility index (Phi) is 6.26. The lowest BCUT2D eigenvalue weighted by Gasteiger charge is -2.04. The Morgan fingerprint density at radius 2 is 2.14 bits per heavy atom. The lowest BCUT2D eigenvalue weighted by atomic mass is 10.2. The quantitative estimate of drug-likeness (QED) is 0.755. The second-order valence-corrected chi connectivity index (χ2v) is 6.20. The first-order valence-corrected chi connectivity index (χ1v) is 8.05. The number of halogens is 2. The Balaban J connectivity index is 1.95. The zero-order chi connectivity index (χ0) is 15.2. The summed E-state index contributed by atoms with van der Waals surface area (Å²) in [6.45, 7) is 1.31. The van der Waals surface area contributed by atoms with Gasteiger partial charge >= 0.3 is 0 Å². The van der Waals surface area contributed by atoms with Crippen LogP contribution in [-0.2, 0) is 4.74 Å². The number of nitrogens with one attached hydrogen (secondary N) is 1. The second-order valence-electron chi connectivity index (χ2n) is 4.33. The van der Waals surface area contributed by atoms with E-state index in [1.54, 1.807) is 12.1 Å². The number of benzene rings is 1. The van der Waals surface area contributed by atoms with Gasteiger partial charge in [0, 0.05) is 28.3 Å². The summed E-state index contributed by atoms with van der Waals surface area (Å²) in [5, 5.41) is 13.3. The van der Waals surface area contributed by atoms with Crippen molar-refractivity contribution >= 4 is 50.5 Å². The molecule has 7 heteroatoms. The van der Waals surface area contributed by atoms with E-state index < -0.39 is 0 Å². The van der Waals surface area contributed by atoms with Crippen molar-refractivity contribution in [2.24, 2.45) is 0 Å². The number of amides is 1. The number of rotatable bonds is 7. The highest BCUT2D eigenvalue weighted by Gasteiger charge is 2.16. The van der Waals surface area contributed by atoms with Crippen LogP contribution in [-0.4, -0.2) is 37.4 Å². The maximum absolute atomic E-state index is 12.1. The molecule has 1 aromatic heterocycles. The molecule has 0 atom stereocenters. The normalized spacial score (nSPS) is 11.0. The van der Waals surface area contributed by atoms with Gasteiger partial charge in [0.05, 0.1) is 18.2 Å². The minimum atomic E-state index is -0.195. The number of aliphatic hydroxyl groups is 1. The standard InChI is InChI=1S/C14H15Cl2NO3S/c15-9-2-3-10-11(8-9)21-13(12(10)16)14(19)17-4-1-6-20-7-5-18/h2-3,8,18H,1,4-7H2,(H,17,19). The molecule has 0 bridgehead atoms. The van der Waals surface area contributed by atoms with Crippen molar-refractivity contribution in [1.29, 1.82) is 0 Å². The molecule has 0 unspecified atom stereocenters. The second kappa shape index (κ2) is 7.96. The van der Waals surface area contributed by atoms with Crippen LogP contribution >= 0.6 is 34.5 Å². The molecule has 0 saturated carbocycles. The van der Waals surface area contributed by atoms with Crippen LogP contribution in [0.5, 0.6) is 0 Å². The molecule has 0 radical (unpaired) electrons. The number of aliphatic hydroxyl groups excluding tert-OH is 1. The highest BCUT2D eigenvalue weighted by atomic mass is 35.5. The summed E-state index contributed by atoms with van der Waals surface area (Å²) in [6.07, 6.45) is 0.681. The van der Waals surface area contributed by atoms with Gasteiger partial charge in [-0.05, 0) is 18.6 Å². The average Bonchev–Trinajstić information content (AvgIpc) is 2.79. The molecule has 4 nitrogen and oxygen atoms in total. The minimum Gasteiger partial charge on any atom is -0.394 e. The van der Waals surface area contributed by atoms with Crippen molar-refractivity contribution in [2.75, 3.05) is 26.4 Å². The first-order chi connectivity index (χ1) is 10.1. The summed E-state index contributed by atoms with van der Waals surface area (Å²) >= 11 is 13.5. The molecule has 1 aromatic carbocycles. The van der Waals surface area contributed by atoms with Crippen LogP contribution in [0.3, 0.4) is 0 Å². The van der Waals surface area contributed by atoms with Crippen LogP contribution in [0.1, 0.15) is 16.1 Å². The van der Waals surface area contributed by atoms with Crippen LogP contribution in [0.4, 0.5) is 0 Å². The zero-order valence-electron chi connectivity index (χ0n) is 11.2. The molecule has 2 aromatic rings. The topological polar surface area (TPSA) is 58.6 Å². The molecule has 0 aliphatic rings. The summed E-state index contributed by atoms with van der Waals surface area (Å²) in [5.41, 5.74) is 0. The third kappa shape index (κ3) is 4.31. The Morgan fingerprint density at radius 3 is 2.90 bits per heavy atom. The van der Waals surface area contributed by atoms with Crippen molar-refractivity contribution < 1.29 is 14.6 Å². The van der Waals surface area contributed by atoms with Crippen molar-refractivity contribution in [3.8, 4) is 0 Å². The first-order valence-electron chi connectivity index (χ1n) is 6.48. The Hall–Kier alpha value is -0.850. The van der Waals surface area contributed by atoms with Gasteiger partial charge in [-0.3, -0.25) is 4.79 Å². The predicted octanol–water partition coefficient (Wildman–Crippen LogP) is 3.34. The Labute approximate surface area is 136 Å². The van der Waals surface area contributed by atoms with E-state index in [1.165, 1.54) is 11.3 Å². The lowest BCUT2D eigenvalue weighted by molar-refractivity contribution is 0.0869. The van der Waals surface area contributed by atoms with Gasteiger partial charge in [-0.1, -0.05) is 29.3 Å². The van der Waals surface area contributed by atoms with Crippen LogP contribution in [0.25, 0.3) is 10.1 Å². The number of hydrogen-bond acceptors (Lipinski definition) is 4. The molecular formula is C14H15Cl2NO3S. The van der Waals surface area contributed by atoms with Crippen molar-refractivity contribution in [1.82, 2.24) is 5.32 Å². The molecule has 0 spiro atoms. The van der Waals surface area contributed by atoms with E-state index in [9.17, 15) is 4.79 Å². The number of carbonyl (C=O) groups excluding carboxylic acids is 1. The van der Waals surface area contributed by atoms with Gasteiger partial charge in [0.15, 0.2) is 0 Å². The number of ether oxygens (including phenoxy) is 1. The van der Waals surface area contributed by atoms with Gasteiger partial charge in [-0.2, -0.15) is 0 Å². The summed E-state index contributed by atoms with van der Waals surface area (Å²) in [4.78, 5) is 12.6. The van der Waals surface area contributed by atoms with Crippen molar-refractivity contribution in [2.45, 2.75) is 6.42 Å². The molecule has 1 heterocycles. The smallest absolute Gasteiger partial charge is 0.262 e. The fourth-order valence-electron chi connectivity index (χ4n) is 1.81. The SMILES string of the molecule is O=C(NCCCOCCO)c1sc2cc(Cl)ccc2c1Cl. The third-order valence-corrected chi connectivity index (χ3v) is 4.68. The first kappa shape index (κ1) is 16.5. The fraction of sp³-hybridized carbons (Fsp3) is 0.357. The lowest BCUT2D eigenvalue weighted by Crippen LogP contribution is -2.24. The molecule has 0 aliphatic heterocycles. The molecule has 0 fully saturated rings. The third-order valence-electron chi connectivity index (χ3n) is 2.78. The van der Waals surface area contributed by atoms with Gasteiger partial charge < -0.3 is 15.2 Å². The minimum absolute atomic E-state index is 0.00626.